The number of nitrogens with one attached hydrogen (secondary N) is 1. The van der Waals surface area contributed by atoms with Gasteiger partial charge >= 0.3 is 0 Å². The highest BCUT2D eigenvalue weighted by atomic mass is 35.5. The molecule has 0 aromatic rings. The maximum absolute atomic E-state index is 12.5. The predicted molar refractivity (Wildman–Crippen MR) is 85.4 cm³/mol. The zero-order valence-corrected chi connectivity index (χ0v) is 13.7. The number of ether oxygens (including phenoxy) is 1. The molecule has 4 unspecified atom stereocenters. The lowest BCUT2D eigenvalue weighted by Crippen LogP contribution is -2.51. The number of nitrogens with two attached hydrogens (primary N) is 1. The molecule has 3 fully saturated rings. The van der Waals surface area contributed by atoms with Crippen LogP contribution in [0.15, 0.2) is 0 Å². The Labute approximate surface area is 134 Å². The number of halogens is 1. The summed E-state index contributed by atoms with van der Waals surface area (Å²) in [6.45, 7) is 2.91. The van der Waals surface area contributed by atoms with Gasteiger partial charge in [0.15, 0.2) is 0 Å². The van der Waals surface area contributed by atoms with Gasteiger partial charge in [-0.25, -0.2) is 0 Å². The van der Waals surface area contributed by atoms with E-state index in [4.69, 9.17) is 10.5 Å². The van der Waals surface area contributed by atoms with E-state index in [-0.39, 0.29) is 36.4 Å². The molecule has 1 amide bonds. The van der Waals surface area contributed by atoms with Crippen LogP contribution in [0.25, 0.3) is 0 Å². The highest BCUT2D eigenvalue weighted by Gasteiger charge is 2.41. The Morgan fingerprint density at radius 1 is 1.19 bits per heavy atom. The van der Waals surface area contributed by atoms with Crippen LogP contribution in [-0.2, 0) is 9.53 Å². The van der Waals surface area contributed by atoms with Crippen molar-refractivity contribution >= 4 is 18.3 Å². The Bertz CT molecular complexity index is 346. The van der Waals surface area contributed by atoms with Crippen molar-refractivity contribution in [3.05, 3.63) is 0 Å². The van der Waals surface area contributed by atoms with E-state index in [1.807, 2.05) is 0 Å². The molecule has 4 nitrogen and oxygen atoms in total. The number of fused-ring (bicyclic) bond motifs is 2. The normalized spacial score (nSPS) is 40.2. The highest BCUT2D eigenvalue weighted by Crippen LogP contribution is 2.41. The van der Waals surface area contributed by atoms with E-state index < -0.39 is 0 Å². The number of hydrogen-bond acceptors (Lipinski definition) is 3. The van der Waals surface area contributed by atoms with Crippen molar-refractivity contribution in [2.24, 2.45) is 23.5 Å². The fourth-order valence-corrected chi connectivity index (χ4v) is 4.44. The molecule has 2 saturated carbocycles. The van der Waals surface area contributed by atoms with Gasteiger partial charge in [0.05, 0.1) is 12.1 Å². The third kappa shape index (κ3) is 3.72. The lowest BCUT2D eigenvalue weighted by molar-refractivity contribution is -0.129. The molecular weight excluding hydrogens is 288 g/mol. The maximum atomic E-state index is 12.5. The fourth-order valence-electron chi connectivity index (χ4n) is 4.44. The van der Waals surface area contributed by atoms with E-state index in [9.17, 15) is 4.79 Å². The van der Waals surface area contributed by atoms with E-state index in [2.05, 4.69) is 12.2 Å². The van der Waals surface area contributed by atoms with Gasteiger partial charge in [0.2, 0.25) is 5.91 Å². The van der Waals surface area contributed by atoms with Crippen molar-refractivity contribution < 1.29 is 9.53 Å². The van der Waals surface area contributed by atoms with Crippen LogP contribution in [0, 0.1) is 17.8 Å². The maximum Gasteiger partial charge on any atom is 0.223 e. The second-order valence-corrected chi connectivity index (χ2v) is 7.05. The summed E-state index contributed by atoms with van der Waals surface area (Å²) < 4.78 is 5.66. The molecule has 3 rings (SSSR count). The molecule has 0 spiro atoms. The Kier molecular flexibility index (Phi) is 5.92. The summed E-state index contributed by atoms with van der Waals surface area (Å²) in [5.41, 5.74) is 6.30. The summed E-state index contributed by atoms with van der Waals surface area (Å²) in [6, 6.07) is 0.476. The van der Waals surface area contributed by atoms with Crippen molar-refractivity contribution in [3.8, 4) is 0 Å². The van der Waals surface area contributed by atoms with Crippen LogP contribution < -0.4 is 11.1 Å². The van der Waals surface area contributed by atoms with Crippen molar-refractivity contribution in [1.82, 2.24) is 5.32 Å². The number of amides is 1. The molecule has 5 heteroatoms. The zero-order chi connectivity index (χ0) is 14.1. The Morgan fingerprint density at radius 2 is 1.86 bits per heavy atom. The highest BCUT2D eigenvalue weighted by molar-refractivity contribution is 5.85. The van der Waals surface area contributed by atoms with Gasteiger partial charge in [0.1, 0.15) is 0 Å². The monoisotopic (exact) mass is 316 g/mol. The second kappa shape index (κ2) is 7.30. The van der Waals surface area contributed by atoms with Crippen molar-refractivity contribution in [2.75, 3.05) is 6.61 Å². The van der Waals surface area contributed by atoms with Crippen LogP contribution in [0.2, 0.25) is 0 Å². The quantitative estimate of drug-likeness (QED) is 0.839. The first-order valence-corrected chi connectivity index (χ1v) is 8.32. The van der Waals surface area contributed by atoms with Crippen molar-refractivity contribution in [1.29, 1.82) is 0 Å². The standard InChI is InChI=1S/C16H28N2O2.ClH/c1-10(14-6-3-7-20-14)18-16(19)13-8-11-4-2-5-12(9-13)15(11)17;/h10-15H,2-9,17H2,1H3,(H,18,19);1H. The molecule has 1 saturated heterocycles. The minimum atomic E-state index is 0. The molecule has 0 aromatic heterocycles. The third-order valence-corrected chi connectivity index (χ3v) is 5.68. The number of carbonyl (C=O) groups is 1. The van der Waals surface area contributed by atoms with E-state index >= 15 is 0 Å². The topological polar surface area (TPSA) is 64.4 Å². The molecule has 122 valence electrons. The van der Waals surface area contributed by atoms with E-state index in [1.165, 1.54) is 19.3 Å². The van der Waals surface area contributed by atoms with E-state index in [1.54, 1.807) is 0 Å². The first kappa shape index (κ1) is 17.0. The first-order chi connectivity index (χ1) is 9.65. The first-order valence-electron chi connectivity index (χ1n) is 8.32. The van der Waals surface area contributed by atoms with Crippen molar-refractivity contribution in [3.63, 3.8) is 0 Å². The van der Waals surface area contributed by atoms with Gasteiger partial charge in [-0.3, -0.25) is 4.79 Å². The third-order valence-electron chi connectivity index (χ3n) is 5.68. The van der Waals surface area contributed by atoms with Gasteiger partial charge in [-0.1, -0.05) is 6.42 Å². The Balaban J connectivity index is 0.00000161. The Hall–Kier alpha value is -0.320. The summed E-state index contributed by atoms with van der Waals surface area (Å²) >= 11 is 0. The molecule has 2 bridgehead atoms. The number of carbonyl (C=O) groups excluding carboxylic acids is 1. The summed E-state index contributed by atoms with van der Waals surface area (Å²) in [5, 5.41) is 3.19. The van der Waals surface area contributed by atoms with Crippen molar-refractivity contribution in [2.45, 2.75) is 70.1 Å². The summed E-state index contributed by atoms with van der Waals surface area (Å²) in [6.07, 6.45) is 8.10. The van der Waals surface area contributed by atoms with Crippen LogP contribution in [0.1, 0.15) is 51.9 Å². The zero-order valence-electron chi connectivity index (χ0n) is 12.9. The van der Waals surface area contributed by atoms with E-state index in [0.29, 0.717) is 17.9 Å². The lowest BCUT2D eigenvalue weighted by Gasteiger charge is -2.43. The summed E-state index contributed by atoms with van der Waals surface area (Å²) in [7, 11) is 0. The number of rotatable bonds is 3. The van der Waals surface area contributed by atoms with Crippen LogP contribution in [0.4, 0.5) is 0 Å². The molecule has 21 heavy (non-hydrogen) atoms. The molecule has 0 aromatic carbocycles. The van der Waals surface area contributed by atoms with Gasteiger partial charge in [-0.15, -0.1) is 12.4 Å². The average molecular weight is 317 g/mol. The molecule has 2 aliphatic carbocycles. The summed E-state index contributed by atoms with van der Waals surface area (Å²) in [4.78, 5) is 12.5. The predicted octanol–water partition coefficient (Wildman–Crippen LogP) is 2.25. The molecule has 4 atom stereocenters. The van der Waals surface area contributed by atoms with Gasteiger partial charge in [0, 0.05) is 18.6 Å². The fraction of sp³-hybridized carbons (Fsp3) is 0.938. The molecule has 3 N–H and O–H groups in total. The lowest BCUT2D eigenvalue weighted by atomic mass is 9.65. The second-order valence-electron chi connectivity index (χ2n) is 7.05. The molecule has 3 aliphatic rings. The SMILES string of the molecule is CC(NC(=O)C1CC2CCCC(C1)C2N)C1CCCO1.Cl. The van der Waals surface area contributed by atoms with Crippen LogP contribution >= 0.6 is 12.4 Å². The number of hydrogen-bond donors (Lipinski definition) is 2. The van der Waals surface area contributed by atoms with Gasteiger partial charge < -0.3 is 15.8 Å². The molecule has 1 heterocycles. The average Bonchev–Trinajstić information content (AvgIpc) is 2.92. The Morgan fingerprint density at radius 3 is 2.43 bits per heavy atom. The minimum absolute atomic E-state index is 0. The molecule has 0 radical (unpaired) electrons. The van der Waals surface area contributed by atoms with Gasteiger partial charge in [0.25, 0.3) is 0 Å². The van der Waals surface area contributed by atoms with Gasteiger partial charge in [-0.05, 0) is 57.3 Å². The molecular formula is C16H29ClN2O2. The minimum Gasteiger partial charge on any atom is -0.376 e. The largest absolute Gasteiger partial charge is 0.376 e. The summed E-state index contributed by atoms with van der Waals surface area (Å²) in [5.74, 6) is 1.54. The van der Waals surface area contributed by atoms with Gasteiger partial charge in [-0.2, -0.15) is 0 Å². The van der Waals surface area contributed by atoms with Crippen LogP contribution in [0.5, 0.6) is 0 Å². The van der Waals surface area contributed by atoms with Crippen LogP contribution in [0.3, 0.4) is 0 Å². The smallest absolute Gasteiger partial charge is 0.223 e. The van der Waals surface area contributed by atoms with E-state index in [0.717, 1.165) is 32.3 Å². The van der Waals surface area contributed by atoms with Crippen LogP contribution in [-0.4, -0.2) is 30.7 Å². The molecule has 1 aliphatic heterocycles.